The van der Waals surface area contributed by atoms with E-state index in [1.54, 1.807) is 12.3 Å². The number of carbonyl (C=O) groups is 1. The summed E-state index contributed by atoms with van der Waals surface area (Å²) in [5, 5.41) is 17.1. The summed E-state index contributed by atoms with van der Waals surface area (Å²) in [7, 11) is 0. The maximum Gasteiger partial charge on any atom is 0.305 e. The van der Waals surface area contributed by atoms with Crippen molar-refractivity contribution in [3.05, 3.63) is 23.5 Å². The van der Waals surface area contributed by atoms with Gasteiger partial charge in [-0.1, -0.05) is 0 Å². The van der Waals surface area contributed by atoms with Crippen LogP contribution in [0.3, 0.4) is 0 Å². The van der Waals surface area contributed by atoms with E-state index in [1.165, 1.54) is 0 Å². The zero-order valence-electron chi connectivity index (χ0n) is 6.82. The molecule has 1 heterocycles. The van der Waals surface area contributed by atoms with Gasteiger partial charge >= 0.3 is 5.97 Å². The Morgan fingerprint density at radius 3 is 3.08 bits per heavy atom. The first-order valence-corrected chi connectivity index (χ1v) is 3.70. The van der Waals surface area contributed by atoms with Crippen LogP contribution in [0, 0.1) is 11.3 Å². The molecule has 0 saturated heterocycles. The van der Waals surface area contributed by atoms with Gasteiger partial charge in [0.05, 0.1) is 6.42 Å². The lowest BCUT2D eigenvalue weighted by Crippen LogP contribution is -2.15. The van der Waals surface area contributed by atoms with Crippen LogP contribution in [-0.4, -0.2) is 16.1 Å². The van der Waals surface area contributed by atoms with Gasteiger partial charge in [0.1, 0.15) is 11.8 Å². The summed E-state index contributed by atoms with van der Waals surface area (Å²) < 4.78 is 0. The number of nitrogens with two attached hydrogens (primary N) is 1. The fraction of sp³-hybridized carbons (Fsp3) is 0.250. The first-order valence-electron chi connectivity index (χ1n) is 3.70. The van der Waals surface area contributed by atoms with Gasteiger partial charge in [0, 0.05) is 17.8 Å². The van der Waals surface area contributed by atoms with E-state index in [2.05, 4.69) is 4.98 Å². The van der Waals surface area contributed by atoms with Crippen LogP contribution in [-0.2, 0) is 4.79 Å². The van der Waals surface area contributed by atoms with Crippen LogP contribution in [0.4, 0.5) is 0 Å². The van der Waals surface area contributed by atoms with Gasteiger partial charge in [0.15, 0.2) is 0 Å². The second-order valence-corrected chi connectivity index (χ2v) is 2.62. The van der Waals surface area contributed by atoms with Gasteiger partial charge < -0.3 is 15.8 Å². The second-order valence-electron chi connectivity index (χ2n) is 2.62. The molecule has 0 aromatic carbocycles. The highest BCUT2D eigenvalue weighted by Crippen LogP contribution is 2.16. The van der Waals surface area contributed by atoms with Crippen LogP contribution in [0.1, 0.15) is 23.7 Å². The molecule has 0 bridgehead atoms. The number of hydrogen-bond acceptors (Lipinski definition) is 3. The van der Waals surface area contributed by atoms with Crippen molar-refractivity contribution in [1.29, 1.82) is 5.26 Å². The van der Waals surface area contributed by atoms with E-state index in [9.17, 15) is 4.79 Å². The van der Waals surface area contributed by atoms with Gasteiger partial charge in [0.25, 0.3) is 0 Å². The highest BCUT2D eigenvalue weighted by molar-refractivity contribution is 5.68. The molecule has 0 aliphatic rings. The van der Waals surface area contributed by atoms with Crippen LogP contribution in [0.25, 0.3) is 0 Å². The number of H-pyrrole nitrogens is 1. The molecule has 4 N–H and O–H groups in total. The first-order chi connectivity index (χ1) is 6.15. The zero-order chi connectivity index (χ0) is 9.84. The van der Waals surface area contributed by atoms with E-state index in [0.29, 0.717) is 11.3 Å². The smallest absolute Gasteiger partial charge is 0.305 e. The largest absolute Gasteiger partial charge is 0.481 e. The summed E-state index contributed by atoms with van der Waals surface area (Å²) in [6.07, 6.45) is 1.39. The van der Waals surface area contributed by atoms with Crippen molar-refractivity contribution in [2.24, 2.45) is 5.73 Å². The number of aliphatic carboxylic acids is 1. The predicted molar refractivity (Wildman–Crippen MR) is 44.7 cm³/mol. The Morgan fingerprint density at radius 1 is 1.85 bits per heavy atom. The first kappa shape index (κ1) is 9.29. The number of rotatable bonds is 3. The topological polar surface area (TPSA) is 103 Å². The number of aromatic nitrogens is 1. The molecule has 0 aliphatic carbocycles. The van der Waals surface area contributed by atoms with E-state index >= 15 is 0 Å². The van der Waals surface area contributed by atoms with Gasteiger partial charge in [-0.3, -0.25) is 4.79 Å². The summed E-state index contributed by atoms with van der Waals surface area (Å²) in [6, 6.07) is 2.89. The molecule has 0 radical (unpaired) electrons. The lowest BCUT2D eigenvalue weighted by molar-refractivity contribution is -0.137. The highest BCUT2D eigenvalue weighted by Gasteiger charge is 2.14. The monoisotopic (exact) mass is 179 g/mol. The fourth-order valence-electron chi connectivity index (χ4n) is 1.09. The van der Waals surface area contributed by atoms with Gasteiger partial charge in [-0.05, 0) is 6.07 Å². The Hall–Kier alpha value is -1.80. The number of hydrogen-bond donors (Lipinski definition) is 3. The minimum absolute atomic E-state index is 0.174. The minimum Gasteiger partial charge on any atom is -0.481 e. The molecule has 1 atom stereocenters. The Bertz CT molecular complexity index is 351. The molecule has 0 saturated carbocycles. The third-order valence-electron chi connectivity index (χ3n) is 1.69. The molecule has 1 aromatic rings. The summed E-state index contributed by atoms with van der Waals surface area (Å²) in [5.41, 5.74) is 6.44. The normalized spacial score (nSPS) is 12.0. The Balaban J connectivity index is 2.83. The van der Waals surface area contributed by atoms with Crippen LogP contribution < -0.4 is 5.73 Å². The van der Waals surface area contributed by atoms with Crippen LogP contribution in [0.5, 0.6) is 0 Å². The average Bonchev–Trinajstić information content (AvgIpc) is 2.49. The van der Waals surface area contributed by atoms with Gasteiger partial charge in [-0.25, -0.2) is 0 Å². The molecule has 0 spiro atoms. The molecule has 1 rings (SSSR count). The van der Waals surface area contributed by atoms with Gasteiger partial charge in [-0.2, -0.15) is 5.26 Å². The molecule has 68 valence electrons. The fourth-order valence-corrected chi connectivity index (χ4v) is 1.09. The molecular weight excluding hydrogens is 170 g/mol. The van der Waals surface area contributed by atoms with E-state index in [0.717, 1.165) is 0 Å². The predicted octanol–water partition coefficient (Wildman–Crippen LogP) is 0.361. The number of nitrogens with zero attached hydrogens (tertiary/aromatic N) is 1. The van der Waals surface area contributed by atoms with E-state index in [-0.39, 0.29) is 6.42 Å². The number of nitrogens with one attached hydrogen (secondary N) is 1. The van der Waals surface area contributed by atoms with Crippen molar-refractivity contribution in [2.45, 2.75) is 12.5 Å². The maximum atomic E-state index is 10.3. The molecule has 1 unspecified atom stereocenters. The van der Waals surface area contributed by atoms with Crippen molar-refractivity contribution >= 4 is 5.97 Å². The summed E-state index contributed by atoms with van der Waals surface area (Å²) in [6.45, 7) is 0. The van der Waals surface area contributed by atoms with Crippen LogP contribution >= 0.6 is 0 Å². The summed E-state index contributed by atoms with van der Waals surface area (Å²) in [4.78, 5) is 13.0. The van der Waals surface area contributed by atoms with Gasteiger partial charge in [-0.15, -0.1) is 0 Å². The Kier molecular flexibility index (Phi) is 2.67. The van der Waals surface area contributed by atoms with Crippen molar-refractivity contribution in [3.8, 4) is 6.07 Å². The third-order valence-corrected chi connectivity index (χ3v) is 1.69. The Labute approximate surface area is 74.8 Å². The quantitative estimate of drug-likeness (QED) is 0.623. The molecular formula is C8H9N3O2. The molecule has 0 aliphatic heterocycles. The maximum absolute atomic E-state index is 10.3. The van der Waals surface area contributed by atoms with Crippen LogP contribution in [0.15, 0.2) is 12.3 Å². The van der Waals surface area contributed by atoms with Crippen molar-refractivity contribution in [3.63, 3.8) is 0 Å². The van der Waals surface area contributed by atoms with E-state index in [4.69, 9.17) is 16.1 Å². The van der Waals surface area contributed by atoms with E-state index in [1.807, 2.05) is 6.07 Å². The molecule has 5 nitrogen and oxygen atoms in total. The lowest BCUT2D eigenvalue weighted by atomic mass is 10.1. The summed E-state index contributed by atoms with van der Waals surface area (Å²) in [5.74, 6) is -0.974. The zero-order valence-corrected chi connectivity index (χ0v) is 6.82. The van der Waals surface area contributed by atoms with Crippen molar-refractivity contribution in [2.75, 3.05) is 0 Å². The third kappa shape index (κ3) is 2.07. The molecule has 13 heavy (non-hydrogen) atoms. The van der Waals surface area contributed by atoms with Crippen LogP contribution in [0.2, 0.25) is 0 Å². The average molecular weight is 179 g/mol. The number of carboxylic acid groups (broad SMARTS) is 1. The number of nitriles is 1. The van der Waals surface area contributed by atoms with Gasteiger partial charge in [0.2, 0.25) is 0 Å². The highest BCUT2D eigenvalue weighted by atomic mass is 16.4. The van der Waals surface area contributed by atoms with Crippen molar-refractivity contribution < 1.29 is 9.90 Å². The second kappa shape index (κ2) is 3.74. The molecule has 5 heteroatoms. The number of aromatic amines is 1. The summed E-state index contributed by atoms with van der Waals surface area (Å²) >= 11 is 0. The Morgan fingerprint density at radius 2 is 2.54 bits per heavy atom. The SMILES string of the molecule is N#Cc1[nH]ccc1C(N)CC(=O)O. The minimum atomic E-state index is -0.974. The molecule has 0 amide bonds. The molecule has 1 aromatic heterocycles. The lowest BCUT2D eigenvalue weighted by Gasteiger charge is -2.06. The van der Waals surface area contributed by atoms with Crippen molar-refractivity contribution in [1.82, 2.24) is 4.98 Å². The number of carboxylic acids is 1. The van der Waals surface area contributed by atoms with E-state index < -0.39 is 12.0 Å². The molecule has 0 fully saturated rings. The standard InChI is InChI=1S/C8H9N3O2/c9-4-7-5(1-2-11-7)6(10)3-8(12)13/h1-2,6,11H,3,10H2,(H,12,13).